The quantitative estimate of drug-likeness (QED) is 0.774. The number of nitrogens with zero attached hydrogens (tertiary/aromatic N) is 3. The average molecular weight is 359 g/mol. The third-order valence-electron chi connectivity index (χ3n) is 4.72. The van der Waals surface area contributed by atoms with E-state index in [2.05, 4.69) is 27.0 Å². The van der Waals surface area contributed by atoms with Crippen molar-refractivity contribution in [1.29, 1.82) is 0 Å². The Kier molecular flexibility index (Phi) is 6.13. The molecule has 1 N–H and O–H groups in total. The van der Waals surface area contributed by atoms with Gasteiger partial charge in [-0.1, -0.05) is 49.2 Å². The molecule has 1 heterocycles. The number of thioether (sulfide) groups is 1. The van der Waals surface area contributed by atoms with Crippen molar-refractivity contribution in [1.82, 2.24) is 14.8 Å². The molecule has 1 aliphatic carbocycles. The molecule has 0 saturated heterocycles. The molecule has 1 amide bonds. The first-order valence-corrected chi connectivity index (χ1v) is 10.0. The van der Waals surface area contributed by atoms with Gasteiger partial charge in [-0.15, -0.1) is 10.2 Å². The molecule has 6 heteroatoms. The minimum atomic E-state index is -0.228. The van der Waals surface area contributed by atoms with Gasteiger partial charge in [0.1, 0.15) is 5.82 Å². The lowest BCUT2D eigenvalue weighted by Crippen LogP contribution is -2.23. The molecule has 0 aliphatic heterocycles. The highest BCUT2D eigenvalue weighted by molar-refractivity contribution is 8.00. The lowest BCUT2D eigenvalue weighted by molar-refractivity contribution is -0.115. The summed E-state index contributed by atoms with van der Waals surface area (Å²) in [6.45, 7) is 4.88. The number of anilines is 1. The van der Waals surface area contributed by atoms with E-state index in [4.69, 9.17) is 0 Å². The highest BCUT2D eigenvalue weighted by Gasteiger charge is 2.25. The first-order chi connectivity index (χ1) is 12.2. The number of rotatable bonds is 6. The lowest BCUT2D eigenvalue weighted by atomic mass is 9.89. The second-order valence-corrected chi connectivity index (χ2v) is 7.84. The zero-order chi connectivity index (χ0) is 17.6. The van der Waals surface area contributed by atoms with Crippen molar-refractivity contribution in [2.24, 2.45) is 0 Å². The fourth-order valence-electron chi connectivity index (χ4n) is 3.32. The van der Waals surface area contributed by atoms with E-state index in [0.717, 1.165) is 23.2 Å². The predicted molar refractivity (Wildman–Crippen MR) is 102 cm³/mol. The number of amides is 1. The maximum atomic E-state index is 12.4. The Morgan fingerprint density at radius 2 is 1.96 bits per heavy atom. The van der Waals surface area contributed by atoms with Crippen LogP contribution in [0.25, 0.3) is 0 Å². The number of carbonyl (C=O) groups is 1. The van der Waals surface area contributed by atoms with Crippen LogP contribution in [-0.2, 0) is 11.3 Å². The van der Waals surface area contributed by atoms with E-state index in [-0.39, 0.29) is 11.2 Å². The molecule has 1 aliphatic rings. The number of hydrogen-bond acceptors (Lipinski definition) is 4. The molecule has 1 aromatic heterocycles. The summed E-state index contributed by atoms with van der Waals surface area (Å²) >= 11 is 1.48. The third-order valence-corrected chi connectivity index (χ3v) is 5.81. The summed E-state index contributed by atoms with van der Waals surface area (Å²) in [5.74, 6) is 1.60. The van der Waals surface area contributed by atoms with Crippen LogP contribution in [0, 0.1) is 0 Å². The van der Waals surface area contributed by atoms with Gasteiger partial charge < -0.3 is 9.88 Å². The Morgan fingerprint density at radius 1 is 1.24 bits per heavy atom. The molecule has 1 fully saturated rings. The van der Waals surface area contributed by atoms with Crippen LogP contribution in [0.4, 0.5) is 5.69 Å². The van der Waals surface area contributed by atoms with E-state index in [1.54, 1.807) is 0 Å². The highest BCUT2D eigenvalue weighted by atomic mass is 32.2. The maximum Gasteiger partial charge on any atom is 0.237 e. The van der Waals surface area contributed by atoms with Crippen LogP contribution in [0.15, 0.2) is 35.5 Å². The van der Waals surface area contributed by atoms with Gasteiger partial charge in [0.05, 0.1) is 5.25 Å². The van der Waals surface area contributed by atoms with Crippen molar-refractivity contribution in [3.63, 3.8) is 0 Å². The van der Waals surface area contributed by atoms with Crippen LogP contribution in [-0.4, -0.2) is 25.9 Å². The summed E-state index contributed by atoms with van der Waals surface area (Å²) < 4.78 is 2.19. The van der Waals surface area contributed by atoms with Crippen LogP contribution < -0.4 is 5.32 Å². The lowest BCUT2D eigenvalue weighted by Gasteiger charge is -2.21. The Bertz CT molecular complexity index is 695. The highest BCUT2D eigenvalue weighted by Crippen LogP contribution is 2.34. The van der Waals surface area contributed by atoms with E-state index >= 15 is 0 Å². The molecule has 0 radical (unpaired) electrons. The number of nitrogens with one attached hydrogen (secondary N) is 1. The average Bonchev–Trinajstić information content (AvgIpc) is 3.05. The molecular formula is C19H26N4OS. The summed E-state index contributed by atoms with van der Waals surface area (Å²) in [6, 6.07) is 9.55. The second kappa shape index (κ2) is 8.52. The first-order valence-electron chi connectivity index (χ1n) is 9.14. The smallest absolute Gasteiger partial charge is 0.237 e. The molecule has 1 aromatic carbocycles. The van der Waals surface area contributed by atoms with Crippen molar-refractivity contribution in [2.75, 3.05) is 5.32 Å². The van der Waals surface area contributed by atoms with Crippen LogP contribution in [0.1, 0.15) is 57.7 Å². The number of carbonyl (C=O) groups excluding carboxylic acids is 1. The molecule has 5 nitrogen and oxygen atoms in total. The minimum absolute atomic E-state index is 0.0129. The zero-order valence-corrected chi connectivity index (χ0v) is 15.8. The molecule has 0 unspecified atom stereocenters. The van der Waals surface area contributed by atoms with Crippen molar-refractivity contribution >= 4 is 23.4 Å². The number of aromatic nitrogens is 3. The SMILES string of the molecule is CCn1c(S[C@H](C)C(=O)Nc2ccccc2)nnc1C1CCCCC1. The molecule has 1 saturated carbocycles. The van der Waals surface area contributed by atoms with Gasteiger partial charge in [0.15, 0.2) is 5.16 Å². The van der Waals surface area contributed by atoms with Crippen molar-refractivity contribution in [3.8, 4) is 0 Å². The Labute approximate surface area is 153 Å². The Morgan fingerprint density at radius 3 is 2.64 bits per heavy atom. The molecule has 0 bridgehead atoms. The third kappa shape index (κ3) is 4.42. The van der Waals surface area contributed by atoms with Gasteiger partial charge in [-0.25, -0.2) is 0 Å². The van der Waals surface area contributed by atoms with Gasteiger partial charge in [0.2, 0.25) is 5.91 Å². The minimum Gasteiger partial charge on any atom is -0.325 e. The van der Waals surface area contributed by atoms with E-state index in [9.17, 15) is 4.79 Å². The first kappa shape index (κ1) is 18.0. The van der Waals surface area contributed by atoms with E-state index in [1.807, 2.05) is 37.3 Å². The monoisotopic (exact) mass is 358 g/mol. The van der Waals surface area contributed by atoms with Gasteiger partial charge in [-0.05, 0) is 38.8 Å². The van der Waals surface area contributed by atoms with Crippen molar-refractivity contribution in [2.45, 2.75) is 68.8 Å². The molecule has 1 atom stereocenters. The summed E-state index contributed by atoms with van der Waals surface area (Å²) in [4.78, 5) is 12.4. The topological polar surface area (TPSA) is 59.8 Å². The fourth-order valence-corrected chi connectivity index (χ4v) is 4.24. The van der Waals surface area contributed by atoms with E-state index in [0.29, 0.717) is 5.92 Å². The van der Waals surface area contributed by atoms with Crippen LogP contribution in [0.2, 0.25) is 0 Å². The zero-order valence-electron chi connectivity index (χ0n) is 14.9. The maximum absolute atomic E-state index is 12.4. The van der Waals surface area contributed by atoms with Crippen molar-refractivity contribution < 1.29 is 4.79 Å². The van der Waals surface area contributed by atoms with Crippen molar-refractivity contribution in [3.05, 3.63) is 36.2 Å². The van der Waals surface area contributed by atoms with Gasteiger partial charge in [-0.2, -0.15) is 0 Å². The summed E-state index contributed by atoms with van der Waals surface area (Å²) in [5.41, 5.74) is 0.819. The van der Waals surface area contributed by atoms with E-state index in [1.165, 1.54) is 43.9 Å². The molecule has 2 aromatic rings. The van der Waals surface area contributed by atoms with Gasteiger partial charge in [-0.3, -0.25) is 4.79 Å². The number of hydrogen-bond donors (Lipinski definition) is 1. The van der Waals surface area contributed by atoms with Gasteiger partial charge >= 0.3 is 0 Å². The summed E-state index contributed by atoms with van der Waals surface area (Å²) in [6.07, 6.45) is 6.29. The largest absolute Gasteiger partial charge is 0.325 e. The predicted octanol–water partition coefficient (Wildman–Crippen LogP) is 4.47. The van der Waals surface area contributed by atoms with E-state index < -0.39 is 0 Å². The summed E-state index contributed by atoms with van der Waals surface area (Å²) in [7, 11) is 0. The molecular weight excluding hydrogens is 332 g/mol. The molecule has 134 valence electrons. The fraction of sp³-hybridized carbons (Fsp3) is 0.526. The standard InChI is InChI=1S/C19H26N4OS/c1-3-23-17(15-10-6-4-7-11-15)21-22-19(23)25-14(2)18(24)20-16-12-8-5-9-13-16/h5,8-9,12-15H,3-4,6-7,10-11H2,1-2H3,(H,20,24)/t14-/m1/s1. The molecule has 0 spiro atoms. The van der Waals surface area contributed by atoms with Crippen LogP contribution in [0.5, 0.6) is 0 Å². The molecule has 3 rings (SSSR count). The number of para-hydroxylation sites is 1. The van der Waals surface area contributed by atoms with Crippen LogP contribution >= 0.6 is 11.8 Å². The van der Waals surface area contributed by atoms with Gasteiger partial charge in [0, 0.05) is 18.2 Å². The van der Waals surface area contributed by atoms with Gasteiger partial charge in [0.25, 0.3) is 0 Å². The number of benzene rings is 1. The Balaban J connectivity index is 1.67. The summed E-state index contributed by atoms with van der Waals surface area (Å²) in [5, 5.41) is 12.4. The Hall–Kier alpha value is -1.82. The normalized spacial score (nSPS) is 16.6. The van der Waals surface area contributed by atoms with Crippen LogP contribution in [0.3, 0.4) is 0 Å². The molecule has 25 heavy (non-hydrogen) atoms. The second-order valence-electron chi connectivity index (χ2n) is 6.54.